The summed E-state index contributed by atoms with van der Waals surface area (Å²) in [5, 5.41) is 3.34. The lowest BCUT2D eigenvalue weighted by molar-refractivity contribution is -0.154. The Morgan fingerprint density at radius 1 is 1.06 bits per heavy atom. The lowest BCUT2D eigenvalue weighted by Gasteiger charge is -2.26. The molecule has 0 aliphatic carbocycles. The van der Waals surface area contributed by atoms with Crippen LogP contribution in [0.15, 0.2) is 65.6 Å². The van der Waals surface area contributed by atoms with Crippen LogP contribution in [-0.4, -0.2) is 85.5 Å². The van der Waals surface area contributed by atoms with Gasteiger partial charge < -0.3 is 14.4 Å². The van der Waals surface area contributed by atoms with Crippen LogP contribution in [0.5, 0.6) is 5.88 Å². The molecule has 1 saturated heterocycles. The normalized spacial score (nSPS) is 18.1. The molecule has 1 atom stereocenters. The summed E-state index contributed by atoms with van der Waals surface area (Å²) in [4.78, 5) is 40.0. The maximum Gasteiger partial charge on any atom is 0.328 e. The molecule has 254 valence electrons. The lowest BCUT2D eigenvalue weighted by atomic mass is 9.81. The zero-order chi connectivity index (χ0) is 34.3. The Kier molecular flexibility index (Phi) is 9.20. The van der Waals surface area contributed by atoms with Gasteiger partial charge in [-0.05, 0) is 76.2 Å². The van der Waals surface area contributed by atoms with E-state index in [0.29, 0.717) is 40.1 Å². The number of aromatic nitrogens is 2. The third-order valence-electron chi connectivity index (χ3n) is 8.56. The first kappa shape index (κ1) is 33.8. The highest BCUT2D eigenvalue weighted by Gasteiger charge is 2.49. The molecule has 0 bridgehead atoms. The highest BCUT2D eigenvalue weighted by atomic mass is 32.2. The molecule has 2 amide bonds. The van der Waals surface area contributed by atoms with Gasteiger partial charge in [-0.25, -0.2) is 23.2 Å². The Morgan fingerprint density at radius 2 is 1.83 bits per heavy atom. The second-order valence-corrected chi connectivity index (χ2v) is 16.2. The van der Waals surface area contributed by atoms with Crippen molar-refractivity contribution in [2.24, 2.45) is 0 Å². The summed E-state index contributed by atoms with van der Waals surface area (Å²) in [7, 11) is -0.491. The van der Waals surface area contributed by atoms with Gasteiger partial charge in [0.2, 0.25) is 15.9 Å². The Balaban J connectivity index is 1.31. The van der Waals surface area contributed by atoms with Crippen molar-refractivity contribution < 1.29 is 27.5 Å². The summed E-state index contributed by atoms with van der Waals surface area (Å²) in [6.45, 7) is 7.26. The fraction of sp³-hybridized carbons (Fsp3) is 0.412. The van der Waals surface area contributed by atoms with Crippen molar-refractivity contribution in [3.8, 4) is 5.88 Å². The van der Waals surface area contributed by atoms with Crippen LogP contribution in [0, 0.1) is 0 Å². The number of rotatable bonds is 9. The number of nitrogens with one attached hydrogen (secondary N) is 1. The van der Waals surface area contributed by atoms with E-state index in [-0.39, 0.29) is 30.4 Å². The molecule has 1 fully saturated rings. The molecule has 4 aromatic rings. The van der Waals surface area contributed by atoms with Crippen molar-refractivity contribution in [2.75, 3.05) is 50.6 Å². The van der Waals surface area contributed by atoms with Crippen molar-refractivity contribution in [3.05, 3.63) is 71.8 Å². The summed E-state index contributed by atoms with van der Waals surface area (Å²) in [6, 6.07) is 17.4. The number of hydrogen-bond donors (Lipinski definition) is 1. The van der Waals surface area contributed by atoms with Gasteiger partial charge in [-0.1, -0.05) is 41.7 Å². The summed E-state index contributed by atoms with van der Waals surface area (Å²) in [6.07, 6.45) is 0.673. The quantitative estimate of drug-likeness (QED) is 0.234. The lowest BCUT2D eigenvalue weighted by Crippen LogP contribution is -2.40. The number of hydrogen-bond acceptors (Lipinski definition) is 10. The molecular weight excluding hydrogens is 653 g/mol. The summed E-state index contributed by atoms with van der Waals surface area (Å²) < 4.78 is 40.7. The number of thiazole rings is 1. The average molecular weight is 693 g/mol. The molecule has 6 rings (SSSR count). The minimum Gasteiger partial charge on any atom is -0.481 e. The van der Waals surface area contributed by atoms with Crippen molar-refractivity contribution in [2.45, 2.75) is 56.1 Å². The number of urea groups is 1. The third-order valence-corrected chi connectivity index (χ3v) is 11.3. The van der Waals surface area contributed by atoms with Gasteiger partial charge in [-0.2, -0.15) is 4.31 Å². The van der Waals surface area contributed by atoms with E-state index in [9.17, 15) is 18.0 Å². The summed E-state index contributed by atoms with van der Waals surface area (Å²) >= 11 is 1.25. The molecular formula is C34H40N6O6S2. The topological polar surface area (TPSA) is 134 Å². The number of sulfonamides is 1. The monoisotopic (exact) mass is 692 g/mol. The number of amides is 2. The molecule has 1 spiro atoms. The minimum atomic E-state index is -4.06. The number of methoxy groups -OCH3 is 1. The molecule has 0 radical (unpaired) electrons. The van der Waals surface area contributed by atoms with Crippen LogP contribution in [0.3, 0.4) is 0 Å². The number of esters is 1. The van der Waals surface area contributed by atoms with Crippen molar-refractivity contribution in [3.63, 3.8) is 0 Å². The van der Waals surface area contributed by atoms with Crippen LogP contribution < -0.4 is 15.0 Å². The Hall–Kier alpha value is -4.11. The Morgan fingerprint density at radius 3 is 2.52 bits per heavy atom. The molecule has 2 aromatic carbocycles. The molecule has 4 heterocycles. The number of nitrogens with zero attached hydrogens (tertiary/aromatic N) is 5. The molecule has 1 N–H and O–H groups in total. The average Bonchev–Trinajstić information content (AvgIpc) is 3.72. The van der Waals surface area contributed by atoms with E-state index in [1.54, 1.807) is 63.1 Å². The molecule has 12 nitrogen and oxygen atoms in total. The fourth-order valence-corrected chi connectivity index (χ4v) is 8.65. The van der Waals surface area contributed by atoms with Crippen LogP contribution in [0.4, 0.5) is 15.6 Å². The molecule has 2 aliphatic rings. The maximum absolute atomic E-state index is 14.3. The SMILES string of the molecule is COc1ccc2nc(NC(=O)N3CC4(CCN(C)C4)c4cc(S(=O)(=O)N(CCC(=O)OC(C)(C)C)Cc5ccccc5)ccc43)sc2n1. The standard InChI is InChI=1S/C34H40N6O6S2/c1-33(2,3)46-29(41)15-17-39(20-23-9-7-6-8-10-23)48(43,44)24-11-13-27-25(19-24)34(16-18-38(4)21-34)22-40(27)32(42)37-31-35-26-12-14-28(45-5)36-30(26)47-31/h6-14,19H,15-18,20-22H2,1-5H3,(H,35,37,42). The van der Waals surface area contributed by atoms with Gasteiger partial charge in [0, 0.05) is 43.3 Å². The molecule has 2 aliphatic heterocycles. The van der Waals surface area contributed by atoms with Crippen molar-refractivity contribution in [1.29, 1.82) is 0 Å². The van der Waals surface area contributed by atoms with Gasteiger partial charge in [-0.15, -0.1) is 0 Å². The number of pyridine rings is 1. The molecule has 48 heavy (non-hydrogen) atoms. The highest BCUT2D eigenvalue weighted by molar-refractivity contribution is 7.89. The first-order valence-electron chi connectivity index (χ1n) is 15.8. The second-order valence-electron chi connectivity index (χ2n) is 13.3. The van der Waals surface area contributed by atoms with Crippen LogP contribution >= 0.6 is 11.3 Å². The van der Waals surface area contributed by atoms with Gasteiger partial charge in [0.1, 0.15) is 15.9 Å². The highest BCUT2D eigenvalue weighted by Crippen LogP contribution is 2.47. The number of ether oxygens (including phenoxy) is 2. The summed E-state index contributed by atoms with van der Waals surface area (Å²) in [5.74, 6) is -0.00918. The predicted molar refractivity (Wildman–Crippen MR) is 185 cm³/mol. The van der Waals surface area contributed by atoms with Crippen molar-refractivity contribution in [1.82, 2.24) is 19.2 Å². The fourth-order valence-electron chi connectivity index (χ4n) is 6.37. The zero-order valence-electron chi connectivity index (χ0n) is 27.7. The number of carbonyl (C=O) groups excluding carboxylic acids is 2. The number of likely N-dealkylation sites (N-methyl/N-ethyl adjacent to an activating group) is 1. The van der Waals surface area contributed by atoms with E-state index >= 15 is 0 Å². The van der Waals surface area contributed by atoms with Crippen LogP contribution in [-0.2, 0) is 31.5 Å². The van der Waals surface area contributed by atoms with E-state index < -0.39 is 27.0 Å². The van der Waals surface area contributed by atoms with Gasteiger partial charge in [0.15, 0.2) is 5.13 Å². The van der Waals surface area contributed by atoms with Gasteiger partial charge in [0.05, 0.1) is 18.4 Å². The van der Waals surface area contributed by atoms with Crippen molar-refractivity contribution >= 4 is 54.5 Å². The van der Waals surface area contributed by atoms with E-state index in [4.69, 9.17) is 9.47 Å². The predicted octanol–water partition coefficient (Wildman–Crippen LogP) is 5.25. The number of likely N-dealkylation sites (tertiary alicyclic amines) is 1. The number of anilines is 2. The number of benzene rings is 2. The molecule has 1 unspecified atom stereocenters. The zero-order valence-corrected chi connectivity index (χ0v) is 29.4. The largest absolute Gasteiger partial charge is 0.481 e. The molecule has 14 heteroatoms. The Labute approximate surface area is 284 Å². The van der Waals surface area contributed by atoms with Gasteiger partial charge in [-0.3, -0.25) is 15.0 Å². The number of carbonyl (C=O) groups is 2. The first-order chi connectivity index (χ1) is 22.8. The van der Waals surface area contributed by atoms with E-state index in [1.807, 2.05) is 37.4 Å². The summed E-state index contributed by atoms with van der Waals surface area (Å²) in [5.41, 5.74) is 1.78. The van der Waals surface area contributed by atoms with Crippen LogP contribution in [0.25, 0.3) is 10.3 Å². The first-order valence-corrected chi connectivity index (χ1v) is 18.0. The molecule has 2 aromatic heterocycles. The van der Waals surface area contributed by atoms with Gasteiger partial charge >= 0.3 is 12.0 Å². The van der Waals surface area contributed by atoms with Gasteiger partial charge in [0.25, 0.3) is 0 Å². The second kappa shape index (κ2) is 13.1. The van der Waals surface area contributed by atoms with E-state index in [0.717, 1.165) is 24.1 Å². The number of fused-ring (bicyclic) bond motifs is 3. The van der Waals surface area contributed by atoms with E-state index in [2.05, 4.69) is 20.2 Å². The van der Waals surface area contributed by atoms with Crippen LogP contribution in [0.1, 0.15) is 44.7 Å². The van der Waals surface area contributed by atoms with Crippen LogP contribution in [0.2, 0.25) is 0 Å². The van der Waals surface area contributed by atoms with E-state index in [1.165, 1.54) is 15.6 Å². The minimum absolute atomic E-state index is 0.0471. The molecule has 0 saturated carbocycles. The smallest absolute Gasteiger partial charge is 0.328 e. The third kappa shape index (κ3) is 7.02. The Bertz CT molecular complexity index is 1940. The maximum atomic E-state index is 14.3.